The average Bonchev–Trinajstić information content (AvgIpc) is 2.78. The maximum atomic E-state index is 5.28. The van der Waals surface area contributed by atoms with Gasteiger partial charge in [0, 0.05) is 24.1 Å². The lowest BCUT2D eigenvalue weighted by Crippen LogP contribution is -2.23. The standard InChI is InChI=1S/C11H19N3OS/c1-8(12-2)6-10-13-11(14-15-10)9-4-3-5-16-7-9/h8-9,12H,3-7H2,1-2H3. The van der Waals surface area contributed by atoms with Crippen molar-refractivity contribution >= 4 is 11.8 Å². The first kappa shape index (κ1) is 11.9. The Hall–Kier alpha value is -0.550. The molecule has 2 rings (SSSR count). The number of hydrogen-bond acceptors (Lipinski definition) is 5. The first-order valence-electron chi connectivity index (χ1n) is 5.87. The molecule has 1 aliphatic rings. The minimum absolute atomic E-state index is 0.383. The Balaban J connectivity index is 1.95. The quantitative estimate of drug-likeness (QED) is 0.871. The Bertz CT molecular complexity index is 323. The predicted molar refractivity (Wildman–Crippen MR) is 65.8 cm³/mol. The molecule has 1 N–H and O–H groups in total. The summed E-state index contributed by atoms with van der Waals surface area (Å²) >= 11 is 1.99. The lowest BCUT2D eigenvalue weighted by Gasteiger charge is -2.17. The number of aromatic nitrogens is 2. The third-order valence-electron chi connectivity index (χ3n) is 2.98. The Morgan fingerprint density at radius 3 is 3.19 bits per heavy atom. The SMILES string of the molecule is CNC(C)Cc1nc(C2CCCSC2)no1. The van der Waals surface area contributed by atoms with Gasteiger partial charge in [-0.2, -0.15) is 16.7 Å². The van der Waals surface area contributed by atoms with Gasteiger partial charge < -0.3 is 9.84 Å². The van der Waals surface area contributed by atoms with E-state index in [1.54, 1.807) is 0 Å². The van der Waals surface area contributed by atoms with E-state index in [-0.39, 0.29) is 0 Å². The molecule has 2 unspecified atom stereocenters. The van der Waals surface area contributed by atoms with E-state index in [1.807, 2.05) is 18.8 Å². The number of rotatable bonds is 4. The van der Waals surface area contributed by atoms with E-state index < -0.39 is 0 Å². The summed E-state index contributed by atoms with van der Waals surface area (Å²) in [5, 5.41) is 7.27. The molecule has 4 nitrogen and oxygen atoms in total. The first-order valence-corrected chi connectivity index (χ1v) is 7.02. The van der Waals surface area contributed by atoms with Crippen molar-refractivity contribution in [2.24, 2.45) is 0 Å². The van der Waals surface area contributed by atoms with Crippen molar-refractivity contribution in [1.29, 1.82) is 0 Å². The zero-order valence-electron chi connectivity index (χ0n) is 9.90. The van der Waals surface area contributed by atoms with Crippen LogP contribution in [0, 0.1) is 0 Å². The highest BCUT2D eigenvalue weighted by atomic mass is 32.2. The molecule has 0 aliphatic carbocycles. The number of nitrogens with zero attached hydrogens (tertiary/aromatic N) is 2. The summed E-state index contributed by atoms with van der Waals surface area (Å²) in [4.78, 5) is 4.49. The topological polar surface area (TPSA) is 51.0 Å². The van der Waals surface area contributed by atoms with Gasteiger partial charge in [0.1, 0.15) is 0 Å². The van der Waals surface area contributed by atoms with Crippen molar-refractivity contribution in [3.63, 3.8) is 0 Å². The minimum atomic E-state index is 0.383. The molecule has 0 bridgehead atoms. The van der Waals surface area contributed by atoms with Gasteiger partial charge in [0.2, 0.25) is 5.89 Å². The second-order valence-electron chi connectivity index (χ2n) is 4.35. The maximum absolute atomic E-state index is 5.28. The number of thioether (sulfide) groups is 1. The van der Waals surface area contributed by atoms with Gasteiger partial charge in [-0.15, -0.1) is 0 Å². The maximum Gasteiger partial charge on any atom is 0.228 e. The largest absolute Gasteiger partial charge is 0.339 e. The first-order chi connectivity index (χ1) is 7.79. The molecule has 1 fully saturated rings. The van der Waals surface area contributed by atoms with Crippen molar-refractivity contribution in [3.8, 4) is 0 Å². The molecule has 0 amide bonds. The molecule has 0 aromatic carbocycles. The van der Waals surface area contributed by atoms with E-state index >= 15 is 0 Å². The summed E-state index contributed by atoms with van der Waals surface area (Å²) in [6.07, 6.45) is 3.28. The smallest absolute Gasteiger partial charge is 0.228 e. The molecule has 0 radical (unpaired) electrons. The van der Waals surface area contributed by atoms with E-state index in [0.29, 0.717) is 12.0 Å². The highest BCUT2D eigenvalue weighted by molar-refractivity contribution is 7.99. The molecular weight excluding hydrogens is 222 g/mol. The molecule has 16 heavy (non-hydrogen) atoms. The van der Waals surface area contributed by atoms with Crippen molar-refractivity contribution in [2.75, 3.05) is 18.6 Å². The van der Waals surface area contributed by atoms with Crippen LogP contribution in [0.1, 0.15) is 37.4 Å². The second kappa shape index (κ2) is 5.68. The predicted octanol–water partition coefficient (Wildman–Crippen LogP) is 1.83. The molecule has 1 saturated heterocycles. The van der Waals surface area contributed by atoms with Crippen molar-refractivity contribution in [3.05, 3.63) is 11.7 Å². The van der Waals surface area contributed by atoms with Gasteiger partial charge in [0.15, 0.2) is 5.82 Å². The van der Waals surface area contributed by atoms with Crippen LogP contribution in [0.4, 0.5) is 0 Å². The molecule has 2 atom stereocenters. The minimum Gasteiger partial charge on any atom is -0.339 e. The van der Waals surface area contributed by atoms with Crippen LogP contribution in [0.5, 0.6) is 0 Å². The zero-order chi connectivity index (χ0) is 11.4. The van der Waals surface area contributed by atoms with Crippen LogP contribution in [0.2, 0.25) is 0 Å². The fourth-order valence-electron chi connectivity index (χ4n) is 1.83. The van der Waals surface area contributed by atoms with Crippen LogP contribution in [0.3, 0.4) is 0 Å². The summed E-state index contributed by atoms with van der Waals surface area (Å²) in [7, 11) is 1.94. The zero-order valence-corrected chi connectivity index (χ0v) is 10.7. The second-order valence-corrected chi connectivity index (χ2v) is 5.50. The van der Waals surface area contributed by atoms with Gasteiger partial charge in [-0.25, -0.2) is 0 Å². The van der Waals surface area contributed by atoms with Gasteiger partial charge in [-0.1, -0.05) is 5.16 Å². The van der Waals surface area contributed by atoms with Gasteiger partial charge in [0.25, 0.3) is 0 Å². The fourth-order valence-corrected chi connectivity index (χ4v) is 2.96. The van der Waals surface area contributed by atoms with Crippen LogP contribution >= 0.6 is 11.8 Å². The summed E-state index contributed by atoms with van der Waals surface area (Å²) in [6.45, 7) is 2.11. The molecule has 90 valence electrons. The lowest BCUT2D eigenvalue weighted by molar-refractivity contribution is 0.358. The Kier molecular flexibility index (Phi) is 4.23. The lowest BCUT2D eigenvalue weighted by atomic mass is 10.1. The van der Waals surface area contributed by atoms with Crippen molar-refractivity contribution < 1.29 is 4.52 Å². The molecule has 0 spiro atoms. The number of hydrogen-bond donors (Lipinski definition) is 1. The highest BCUT2D eigenvalue weighted by Crippen LogP contribution is 2.29. The van der Waals surface area contributed by atoms with Crippen molar-refractivity contribution in [1.82, 2.24) is 15.5 Å². The third kappa shape index (κ3) is 2.98. The van der Waals surface area contributed by atoms with E-state index in [0.717, 1.165) is 23.9 Å². The Labute approximate surface area is 101 Å². The van der Waals surface area contributed by atoms with E-state index in [9.17, 15) is 0 Å². The summed E-state index contributed by atoms with van der Waals surface area (Å²) in [5.74, 6) is 4.58. The van der Waals surface area contributed by atoms with E-state index in [1.165, 1.54) is 18.6 Å². The molecule has 5 heteroatoms. The van der Waals surface area contributed by atoms with Gasteiger partial charge >= 0.3 is 0 Å². The molecule has 1 aromatic rings. The van der Waals surface area contributed by atoms with Crippen LogP contribution in [0.25, 0.3) is 0 Å². The van der Waals surface area contributed by atoms with Crippen LogP contribution in [-0.4, -0.2) is 34.7 Å². The van der Waals surface area contributed by atoms with E-state index in [4.69, 9.17) is 4.52 Å². The van der Waals surface area contributed by atoms with Crippen molar-refractivity contribution in [2.45, 2.75) is 38.1 Å². The highest BCUT2D eigenvalue weighted by Gasteiger charge is 2.21. The monoisotopic (exact) mass is 241 g/mol. The van der Waals surface area contributed by atoms with Gasteiger partial charge in [-0.05, 0) is 32.6 Å². The van der Waals surface area contributed by atoms with Crippen LogP contribution in [-0.2, 0) is 6.42 Å². The van der Waals surface area contributed by atoms with E-state index in [2.05, 4.69) is 22.4 Å². The van der Waals surface area contributed by atoms with Gasteiger partial charge in [0.05, 0.1) is 0 Å². The van der Waals surface area contributed by atoms with Crippen LogP contribution in [0.15, 0.2) is 4.52 Å². The fraction of sp³-hybridized carbons (Fsp3) is 0.818. The summed E-state index contributed by atoms with van der Waals surface area (Å²) in [5.41, 5.74) is 0. The Morgan fingerprint density at radius 2 is 2.50 bits per heavy atom. The van der Waals surface area contributed by atoms with Gasteiger partial charge in [-0.3, -0.25) is 0 Å². The average molecular weight is 241 g/mol. The molecule has 2 heterocycles. The summed E-state index contributed by atoms with van der Waals surface area (Å²) < 4.78 is 5.28. The normalized spacial score (nSPS) is 23.2. The number of likely N-dealkylation sites (N-methyl/N-ethyl adjacent to an activating group) is 1. The third-order valence-corrected chi connectivity index (χ3v) is 4.20. The molecule has 0 saturated carbocycles. The number of nitrogens with one attached hydrogen (secondary N) is 1. The molecular formula is C11H19N3OS. The Morgan fingerprint density at radius 1 is 1.62 bits per heavy atom. The summed E-state index contributed by atoms with van der Waals surface area (Å²) in [6, 6.07) is 0.383. The van der Waals surface area contributed by atoms with Crippen LogP contribution < -0.4 is 5.32 Å². The molecule has 1 aliphatic heterocycles. The molecule has 1 aromatic heterocycles.